The van der Waals surface area contributed by atoms with Crippen LogP contribution < -0.4 is 15.8 Å². The predicted octanol–water partition coefficient (Wildman–Crippen LogP) is 3.47. The van der Waals surface area contributed by atoms with Gasteiger partial charge in [0.05, 0.1) is 42.8 Å². The molecule has 0 atom stereocenters. The first-order chi connectivity index (χ1) is 15.9. The van der Waals surface area contributed by atoms with Gasteiger partial charge >= 0.3 is 5.97 Å². The van der Waals surface area contributed by atoms with Crippen molar-refractivity contribution in [3.8, 4) is 11.4 Å². The fraction of sp³-hybridized carbons (Fsp3) is 0.167. The van der Waals surface area contributed by atoms with Crippen molar-refractivity contribution < 1.29 is 14.3 Å². The second-order valence-corrected chi connectivity index (χ2v) is 6.91. The summed E-state index contributed by atoms with van der Waals surface area (Å²) in [7, 11) is 1.59. The van der Waals surface area contributed by atoms with Crippen LogP contribution in [0.25, 0.3) is 11.4 Å². The van der Waals surface area contributed by atoms with Crippen molar-refractivity contribution in [1.82, 2.24) is 14.5 Å². The lowest BCUT2D eigenvalue weighted by Crippen LogP contribution is -2.18. The number of aliphatic imine (C=N–C) groups is 1. The minimum absolute atomic E-state index is 0.00465. The number of aromatic nitrogens is 3. The van der Waals surface area contributed by atoms with E-state index in [0.717, 1.165) is 11.4 Å². The molecule has 0 saturated heterocycles. The van der Waals surface area contributed by atoms with Crippen LogP contribution in [0.3, 0.4) is 0 Å². The Balaban J connectivity index is 1.85. The van der Waals surface area contributed by atoms with Gasteiger partial charge < -0.3 is 25.1 Å². The molecule has 0 saturated carbocycles. The van der Waals surface area contributed by atoms with Crippen LogP contribution in [0.1, 0.15) is 18.3 Å². The molecule has 0 bridgehead atoms. The van der Waals surface area contributed by atoms with Gasteiger partial charge in [-0.15, -0.1) is 0 Å². The Hall–Kier alpha value is -4.40. The van der Waals surface area contributed by atoms with Gasteiger partial charge in [-0.1, -0.05) is 12.6 Å². The number of pyridine rings is 1. The number of nitrogens with two attached hydrogens (primary N) is 1. The molecule has 2 aromatic heterocycles. The zero-order chi connectivity index (χ0) is 23.8. The van der Waals surface area contributed by atoms with Crippen LogP contribution in [0.5, 0.6) is 5.75 Å². The third-order valence-corrected chi connectivity index (χ3v) is 4.45. The van der Waals surface area contributed by atoms with Crippen LogP contribution in [0.2, 0.25) is 0 Å². The van der Waals surface area contributed by atoms with Crippen LogP contribution in [-0.4, -0.2) is 39.9 Å². The molecule has 170 valence electrons. The van der Waals surface area contributed by atoms with E-state index in [1.807, 2.05) is 29.8 Å². The second-order valence-electron chi connectivity index (χ2n) is 6.91. The first kappa shape index (κ1) is 23.3. The summed E-state index contributed by atoms with van der Waals surface area (Å²) in [5.74, 6) is 0.221. The van der Waals surface area contributed by atoms with Gasteiger partial charge in [-0.2, -0.15) is 0 Å². The number of nitrogens with zero attached hydrogens (tertiary/aromatic N) is 4. The summed E-state index contributed by atoms with van der Waals surface area (Å²) >= 11 is 0. The number of benzene rings is 1. The lowest BCUT2D eigenvalue weighted by atomic mass is 10.2. The molecule has 0 spiro atoms. The summed E-state index contributed by atoms with van der Waals surface area (Å²) in [6.07, 6.45) is 6.64. The Morgan fingerprint density at radius 3 is 2.76 bits per heavy atom. The van der Waals surface area contributed by atoms with Crippen LogP contribution >= 0.6 is 0 Å². The lowest BCUT2D eigenvalue weighted by Gasteiger charge is -2.13. The van der Waals surface area contributed by atoms with Crippen molar-refractivity contribution in [2.24, 2.45) is 10.7 Å². The highest BCUT2D eigenvalue weighted by molar-refractivity contribution is 6.42. The zero-order valence-electron chi connectivity index (χ0n) is 18.8. The average molecular weight is 447 g/mol. The van der Waals surface area contributed by atoms with E-state index in [-0.39, 0.29) is 23.8 Å². The number of methoxy groups -OCH3 is 1. The zero-order valence-corrected chi connectivity index (χ0v) is 18.8. The smallest absolute Gasteiger partial charge is 0.357 e. The second kappa shape index (κ2) is 10.8. The van der Waals surface area contributed by atoms with E-state index in [4.69, 9.17) is 15.2 Å². The first-order valence-corrected chi connectivity index (χ1v) is 10.2. The molecular weight excluding hydrogens is 420 g/mol. The lowest BCUT2D eigenvalue weighted by molar-refractivity contribution is -0.134. The fourth-order valence-electron chi connectivity index (χ4n) is 2.96. The molecule has 33 heavy (non-hydrogen) atoms. The van der Waals surface area contributed by atoms with Gasteiger partial charge in [-0.25, -0.2) is 14.8 Å². The average Bonchev–Trinajstić information content (AvgIpc) is 3.25. The molecule has 3 aromatic rings. The van der Waals surface area contributed by atoms with E-state index in [9.17, 15) is 4.79 Å². The molecule has 0 amide bonds. The quantitative estimate of drug-likeness (QED) is 0.382. The molecule has 0 aliphatic heterocycles. The summed E-state index contributed by atoms with van der Waals surface area (Å²) in [5.41, 5.74) is 9.29. The van der Waals surface area contributed by atoms with E-state index < -0.39 is 5.97 Å². The SMILES string of the molecule is C=C(N=C(/C=C(\N)c1ccccn1)C(=O)OCC)Nc1ccc(-n2cnc(C)c2)c(OC)c1. The minimum atomic E-state index is -0.622. The van der Waals surface area contributed by atoms with Gasteiger partial charge in [-0.05, 0) is 44.2 Å². The van der Waals surface area contributed by atoms with Gasteiger partial charge in [0.15, 0.2) is 5.71 Å². The molecule has 9 heteroatoms. The van der Waals surface area contributed by atoms with Gasteiger partial charge in [0, 0.05) is 24.1 Å². The number of carbonyl (C=O) groups excluding carboxylic acids is 1. The molecule has 3 rings (SSSR count). The van der Waals surface area contributed by atoms with Crippen molar-refractivity contribution >= 4 is 23.1 Å². The molecule has 2 heterocycles. The van der Waals surface area contributed by atoms with Crippen molar-refractivity contribution in [1.29, 1.82) is 0 Å². The van der Waals surface area contributed by atoms with Crippen LogP contribution in [-0.2, 0) is 9.53 Å². The Kier molecular flexibility index (Phi) is 7.59. The topological polar surface area (TPSA) is 117 Å². The number of anilines is 1. The first-order valence-electron chi connectivity index (χ1n) is 10.2. The number of carbonyl (C=O) groups is 1. The van der Waals surface area contributed by atoms with Crippen LogP contribution in [0.4, 0.5) is 5.69 Å². The van der Waals surface area contributed by atoms with E-state index >= 15 is 0 Å². The number of esters is 1. The Morgan fingerprint density at radius 2 is 2.12 bits per heavy atom. The third-order valence-electron chi connectivity index (χ3n) is 4.45. The number of hydrogen-bond donors (Lipinski definition) is 2. The summed E-state index contributed by atoms with van der Waals surface area (Å²) in [5, 5.41) is 3.06. The molecule has 1 aromatic carbocycles. The largest absolute Gasteiger partial charge is 0.494 e. The van der Waals surface area contributed by atoms with Gasteiger partial charge in [0.1, 0.15) is 11.6 Å². The molecule has 3 N–H and O–H groups in total. The standard InChI is InChI=1S/C24H26N6O3/c1-5-33-24(31)21(13-19(25)20-8-6-7-11-26-20)29-17(3)28-18-9-10-22(23(12-18)32-4)30-14-16(2)27-15-30/h6-15,28H,3,5,25H2,1-2,4H3/b19-13-,29-21?. The maximum atomic E-state index is 12.4. The fourth-order valence-corrected chi connectivity index (χ4v) is 2.96. The van der Waals surface area contributed by atoms with E-state index in [1.54, 1.807) is 50.8 Å². The Bertz CT molecular complexity index is 1200. The highest BCUT2D eigenvalue weighted by atomic mass is 16.5. The van der Waals surface area contributed by atoms with Crippen molar-refractivity contribution in [2.75, 3.05) is 19.0 Å². The molecule has 9 nitrogen and oxygen atoms in total. The highest BCUT2D eigenvalue weighted by Crippen LogP contribution is 2.27. The van der Waals surface area contributed by atoms with Crippen molar-refractivity contribution in [3.05, 3.63) is 85.0 Å². The summed E-state index contributed by atoms with van der Waals surface area (Å²) in [4.78, 5) is 25.1. The highest BCUT2D eigenvalue weighted by Gasteiger charge is 2.13. The number of aryl methyl sites for hydroxylation is 1. The number of rotatable bonds is 9. The van der Waals surface area contributed by atoms with Gasteiger partial charge in [-0.3, -0.25) is 4.98 Å². The molecule has 0 aliphatic rings. The van der Waals surface area contributed by atoms with Gasteiger partial charge in [0.2, 0.25) is 0 Å². The summed E-state index contributed by atoms with van der Waals surface area (Å²) < 4.78 is 12.5. The summed E-state index contributed by atoms with van der Waals surface area (Å²) in [6, 6.07) is 10.8. The normalized spacial score (nSPS) is 11.7. The van der Waals surface area contributed by atoms with Crippen LogP contribution in [0, 0.1) is 6.92 Å². The molecule has 0 fully saturated rings. The number of nitrogens with one attached hydrogen (secondary N) is 1. The third kappa shape index (κ3) is 6.07. The number of imidazole rings is 1. The molecule has 0 aliphatic carbocycles. The maximum absolute atomic E-state index is 12.4. The Morgan fingerprint density at radius 1 is 1.30 bits per heavy atom. The summed E-state index contributed by atoms with van der Waals surface area (Å²) in [6.45, 7) is 7.73. The van der Waals surface area contributed by atoms with E-state index in [0.29, 0.717) is 17.1 Å². The van der Waals surface area contributed by atoms with E-state index in [2.05, 4.69) is 26.9 Å². The number of ether oxygens (including phenoxy) is 2. The molecule has 0 radical (unpaired) electrons. The van der Waals surface area contributed by atoms with E-state index in [1.165, 1.54) is 6.08 Å². The maximum Gasteiger partial charge on any atom is 0.357 e. The molecule has 0 unspecified atom stereocenters. The van der Waals surface area contributed by atoms with Gasteiger partial charge in [0.25, 0.3) is 0 Å². The van der Waals surface area contributed by atoms with Crippen LogP contribution in [0.15, 0.2) is 78.6 Å². The van der Waals surface area contributed by atoms with Crippen molar-refractivity contribution in [3.63, 3.8) is 0 Å². The monoisotopic (exact) mass is 446 g/mol. The Labute approximate surface area is 192 Å². The number of hydrogen-bond acceptors (Lipinski definition) is 8. The van der Waals surface area contributed by atoms with Crippen molar-refractivity contribution in [2.45, 2.75) is 13.8 Å². The molecular formula is C24H26N6O3. The predicted molar refractivity (Wildman–Crippen MR) is 128 cm³/mol. The minimum Gasteiger partial charge on any atom is -0.494 e.